The van der Waals surface area contributed by atoms with Crippen molar-refractivity contribution in [2.45, 2.75) is 10.6 Å². The molecule has 7 heteroatoms. The van der Waals surface area contributed by atoms with Crippen LogP contribution in [0.1, 0.15) is 16.2 Å². The quantitative estimate of drug-likeness (QED) is 0.523. The van der Waals surface area contributed by atoms with Crippen molar-refractivity contribution in [3.63, 3.8) is 0 Å². The van der Waals surface area contributed by atoms with E-state index in [2.05, 4.69) is 27.4 Å². The number of aromatic nitrogens is 4. The van der Waals surface area contributed by atoms with Crippen LogP contribution in [0.15, 0.2) is 72.1 Å². The topological polar surface area (TPSA) is 72.7 Å². The molecule has 6 nitrogen and oxygen atoms in total. The van der Waals surface area contributed by atoms with Gasteiger partial charge in [-0.2, -0.15) is 4.68 Å². The van der Waals surface area contributed by atoms with Crippen LogP contribution in [0.4, 0.5) is 0 Å². The van der Waals surface area contributed by atoms with Crippen LogP contribution in [0.3, 0.4) is 0 Å². The second kappa shape index (κ2) is 8.25. The molecule has 25 heavy (non-hydrogen) atoms. The molecule has 0 bridgehead atoms. The number of carbonyl (C=O) groups excluding carboxylic acids is 1. The molecule has 1 N–H and O–H groups in total. The van der Waals surface area contributed by atoms with Gasteiger partial charge in [0.05, 0.1) is 17.0 Å². The van der Waals surface area contributed by atoms with Crippen molar-refractivity contribution in [3.05, 3.63) is 78.6 Å². The van der Waals surface area contributed by atoms with Crippen molar-refractivity contribution in [1.29, 1.82) is 0 Å². The van der Waals surface area contributed by atoms with Crippen molar-refractivity contribution >= 4 is 17.7 Å². The summed E-state index contributed by atoms with van der Waals surface area (Å²) in [7, 11) is 0. The molecular formula is C18H17N5OS. The Morgan fingerprint density at radius 2 is 1.92 bits per heavy atom. The fourth-order valence-electron chi connectivity index (χ4n) is 2.25. The molecule has 1 heterocycles. The van der Waals surface area contributed by atoms with E-state index in [0.29, 0.717) is 17.9 Å². The van der Waals surface area contributed by atoms with Gasteiger partial charge in [-0.25, -0.2) is 0 Å². The highest BCUT2D eigenvalue weighted by molar-refractivity contribution is 7.98. The summed E-state index contributed by atoms with van der Waals surface area (Å²) in [6.07, 6.45) is 1.65. The Labute approximate surface area is 149 Å². The van der Waals surface area contributed by atoms with E-state index in [1.807, 2.05) is 48.5 Å². The van der Waals surface area contributed by atoms with Gasteiger partial charge in [-0.3, -0.25) is 4.79 Å². The Kier molecular flexibility index (Phi) is 5.58. The first-order valence-electron chi connectivity index (χ1n) is 7.73. The fourth-order valence-corrected chi connectivity index (χ4v) is 3.20. The molecule has 0 aliphatic heterocycles. The number of hydrogen-bond donors (Lipinski definition) is 1. The Bertz CT molecular complexity index is 863. The molecule has 2 aromatic carbocycles. The van der Waals surface area contributed by atoms with E-state index in [0.717, 1.165) is 16.4 Å². The number of nitrogens with zero attached hydrogens (tertiary/aromatic N) is 4. The molecule has 0 aliphatic carbocycles. The standard InChI is InChI=1S/C18H17N5OS/c1-2-12-19-18(24)15-10-6-7-11-16(15)25-13-17-20-21-22-23(17)14-8-4-3-5-9-14/h2-11H,1,12-13H2,(H,19,24). The number of thioether (sulfide) groups is 1. The Hall–Kier alpha value is -2.93. The summed E-state index contributed by atoms with van der Waals surface area (Å²) in [4.78, 5) is 13.1. The third-order valence-electron chi connectivity index (χ3n) is 3.43. The number of para-hydroxylation sites is 1. The van der Waals surface area contributed by atoms with Crippen LogP contribution in [0.25, 0.3) is 5.69 Å². The maximum absolute atomic E-state index is 12.3. The molecule has 0 radical (unpaired) electrons. The number of carbonyl (C=O) groups is 1. The van der Waals surface area contributed by atoms with Crippen LogP contribution in [0, 0.1) is 0 Å². The summed E-state index contributed by atoms with van der Waals surface area (Å²) in [6.45, 7) is 4.05. The lowest BCUT2D eigenvalue weighted by molar-refractivity contribution is 0.0955. The van der Waals surface area contributed by atoms with Crippen molar-refractivity contribution in [2.75, 3.05) is 6.54 Å². The first kappa shape index (κ1) is 16.9. The van der Waals surface area contributed by atoms with Gasteiger partial charge >= 0.3 is 0 Å². The zero-order valence-corrected chi connectivity index (χ0v) is 14.3. The average Bonchev–Trinajstić information content (AvgIpc) is 3.14. The zero-order valence-electron chi connectivity index (χ0n) is 13.5. The molecule has 0 saturated heterocycles. The second-order valence-electron chi connectivity index (χ2n) is 5.13. The van der Waals surface area contributed by atoms with Crippen LogP contribution < -0.4 is 5.32 Å². The van der Waals surface area contributed by atoms with Gasteiger partial charge in [-0.1, -0.05) is 36.4 Å². The molecule has 3 rings (SSSR count). The molecule has 0 spiro atoms. The van der Waals surface area contributed by atoms with Crippen molar-refractivity contribution in [3.8, 4) is 5.69 Å². The monoisotopic (exact) mass is 351 g/mol. The molecule has 0 atom stereocenters. The number of hydrogen-bond acceptors (Lipinski definition) is 5. The summed E-state index contributed by atoms with van der Waals surface area (Å²) < 4.78 is 1.70. The minimum Gasteiger partial charge on any atom is -0.349 e. The number of tetrazole rings is 1. The minimum absolute atomic E-state index is 0.120. The van der Waals surface area contributed by atoms with E-state index >= 15 is 0 Å². The summed E-state index contributed by atoms with van der Waals surface area (Å²) in [5, 5.41) is 14.7. The molecule has 0 fully saturated rings. The lowest BCUT2D eigenvalue weighted by Crippen LogP contribution is -2.23. The number of amides is 1. The van der Waals surface area contributed by atoms with Crippen LogP contribution >= 0.6 is 11.8 Å². The molecule has 0 aliphatic rings. The molecule has 3 aromatic rings. The van der Waals surface area contributed by atoms with E-state index in [1.165, 1.54) is 11.8 Å². The van der Waals surface area contributed by atoms with Crippen molar-refractivity contribution in [2.24, 2.45) is 0 Å². The van der Waals surface area contributed by atoms with Gasteiger partial charge in [0, 0.05) is 11.4 Å². The Morgan fingerprint density at radius 1 is 1.16 bits per heavy atom. The minimum atomic E-state index is -0.120. The van der Waals surface area contributed by atoms with Gasteiger partial charge in [-0.15, -0.1) is 23.4 Å². The first-order valence-corrected chi connectivity index (χ1v) is 8.71. The van der Waals surface area contributed by atoms with Gasteiger partial charge in [0.15, 0.2) is 5.82 Å². The third-order valence-corrected chi connectivity index (χ3v) is 4.50. The second-order valence-corrected chi connectivity index (χ2v) is 6.14. The van der Waals surface area contributed by atoms with E-state index in [4.69, 9.17) is 0 Å². The number of rotatable bonds is 7. The number of benzene rings is 2. The van der Waals surface area contributed by atoms with Gasteiger partial charge in [0.1, 0.15) is 0 Å². The van der Waals surface area contributed by atoms with E-state index in [1.54, 1.807) is 16.8 Å². The third kappa shape index (κ3) is 4.13. The van der Waals surface area contributed by atoms with Gasteiger partial charge in [-0.05, 0) is 34.7 Å². The molecule has 1 amide bonds. The molecule has 0 unspecified atom stereocenters. The molecular weight excluding hydrogens is 334 g/mol. The maximum Gasteiger partial charge on any atom is 0.252 e. The molecule has 126 valence electrons. The van der Waals surface area contributed by atoms with Crippen molar-refractivity contribution in [1.82, 2.24) is 25.5 Å². The SMILES string of the molecule is C=CCNC(=O)c1ccccc1SCc1nnnn1-c1ccccc1. The predicted octanol–water partition coefficient (Wildman–Crippen LogP) is 2.87. The largest absolute Gasteiger partial charge is 0.349 e. The van der Waals surface area contributed by atoms with Crippen molar-refractivity contribution < 1.29 is 4.79 Å². The number of nitrogens with one attached hydrogen (secondary N) is 1. The highest BCUT2D eigenvalue weighted by Crippen LogP contribution is 2.26. The average molecular weight is 351 g/mol. The van der Waals surface area contributed by atoms with E-state index in [9.17, 15) is 4.79 Å². The summed E-state index contributed by atoms with van der Waals surface area (Å²) in [5.74, 6) is 1.15. The van der Waals surface area contributed by atoms with Gasteiger partial charge < -0.3 is 5.32 Å². The highest BCUT2D eigenvalue weighted by atomic mass is 32.2. The maximum atomic E-state index is 12.3. The highest BCUT2D eigenvalue weighted by Gasteiger charge is 2.13. The normalized spacial score (nSPS) is 10.4. The van der Waals surface area contributed by atoms with Crippen LogP contribution in [-0.4, -0.2) is 32.7 Å². The Balaban J connectivity index is 1.76. The summed E-state index contributed by atoms with van der Waals surface area (Å²) in [6, 6.07) is 17.2. The Morgan fingerprint density at radius 3 is 2.72 bits per heavy atom. The smallest absolute Gasteiger partial charge is 0.252 e. The van der Waals surface area contributed by atoms with Crippen LogP contribution in [-0.2, 0) is 5.75 Å². The first-order chi connectivity index (χ1) is 12.3. The summed E-state index contributed by atoms with van der Waals surface area (Å²) >= 11 is 1.53. The predicted molar refractivity (Wildman–Crippen MR) is 97.7 cm³/mol. The van der Waals surface area contributed by atoms with Gasteiger partial charge in [0.25, 0.3) is 5.91 Å². The van der Waals surface area contributed by atoms with Crippen LogP contribution in [0.5, 0.6) is 0 Å². The van der Waals surface area contributed by atoms with E-state index in [-0.39, 0.29) is 5.91 Å². The lowest BCUT2D eigenvalue weighted by Gasteiger charge is -2.09. The van der Waals surface area contributed by atoms with E-state index < -0.39 is 0 Å². The molecule has 1 aromatic heterocycles. The van der Waals surface area contributed by atoms with Gasteiger partial charge in [0.2, 0.25) is 0 Å². The van der Waals surface area contributed by atoms with Crippen LogP contribution in [0.2, 0.25) is 0 Å². The lowest BCUT2D eigenvalue weighted by atomic mass is 10.2. The zero-order chi connectivity index (χ0) is 17.5. The summed E-state index contributed by atoms with van der Waals surface area (Å²) in [5.41, 5.74) is 1.54. The molecule has 0 saturated carbocycles. The fraction of sp³-hybridized carbons (Fsp3) is 0.111.